The fourth-order valence-electron chi connectivity index (χ4n) is 3.08. The molecule has 1 atom stereocenters. The minimum Gasteiger partial charge on any atom is -0.245 e. The van der Waals surface area contributed by atoms with Crippen molar-refractivity contribution in [3.05, 3.63) is 98.7 Å². The molecule has 0 spiro atoms. The minimum absolute atomic E-state index is 0.367. The lowest BCUT2D eigenvalue weighted by atomic mass is 9.84. The topological polar surface area (TPSA) is 12.9 Å². The highest BCUT2D eigenvalue weighted by Crippen LogP contribution is 2.32. The minimum atomic E-state index is 0.367. The summed E-state index contributed by atoms with van der Waals surface area (Å²) in [5.74, 6) is 0.367. The molecule has 0 fully saturated rings. The van der Waals surface area contributed by atoms with Crippen LogP contribution in [-0.2, 0) is 6.42 Å². The van der Waals surface area contributed by atoms with Gasteiger partial charge in [0.15, 0.2) is 0 Å². The summed E-state index contributed by atoms with van der Waals surface area (Å²) >= 11 is 9.55. The number of hydrogen-bond acceptors (Lipinski definition) is 1. The quantitative estimate of drug-likeness (QED) is 0.441. The third-order valence-corrected chi connectivity index (χ3v) is 5.08. The van der Waals surface area contributed by atoms with E-state index in [1.807, 2.05) is 12.1 Å². The Morgan fingerprint density at radius 1 is 1.04 bits per heavy atom. The lowest BCUT2D eigenvalue weighted by Gasteiger charge is -2.20. The van der Waals surface area contributed by atoms with Crippen LogP contribution in [0.1, 0.15) is 34.6 Å². The second kappa shape index (κ2) is 7.96. The zero-order valence-electron chi connectivity index (χ0n) is 13.5. The molecule has 1 heterocycles. The molecule has 3 heteroatoms. The molecular weight excluding hydrogens is 382 g/mol. The number of nitrogens with zero attached hydrogens (tertiary/aromatic N) is 1. The van der Waals surface area contributed by atoms with Crippen molar-refractivity contribution in [2.75, 3.05) is 0 Å². The van der Waals surface area contributed by atoms with E-state index in [9.17, 15) is 0 Å². The first-order valence-corrected chi connectivity index (χ1v) is 9.22. The number of benzene rings is 2. The zero-order valence-corrected chi connectivity index (χ0v) is 15.9. The van der Waals surface area contributed by atoms with E-state index in [1.165, 1.54) is 22.3 Å². The monoisotopic (exact) mass is 399 g/mol. The first-order valence-electron chi connectivity index (χ1n) is 8.05. The van der Waals surface area contributed by atoms with Gasteiger partial charge in [-0.05, 0) is 66.3 Å². The van der Waals surface area contributed by atoms with E-state index in [2.05, 4.69) is 76.4 Å². The first kappa shape index (κ1) is 17.2. The molecule has 3 aromatic rings. The van der Waals surface area contributed by atoms with E-state index < -0.39 is 0 Å². The van der Waals surface area contributed by atoms with Crippen molar-refractivity contribution in [1.82, 2.24) is 4.98 Å². The zero-order chi connectivity index (χ0) is 16.9. The molecule has 2 aromatic carbocycles. The summed E-state index contributed by atoms with van der Waals surface area (Å²) in [5, 5.41) is 0.559. The van der Waals surface area contributed by atoms with E-state index in [0.717, 1.165) is 17.3 Å². The number of rotatable bonds is 5. The van der Waals surface area contributed by atoms with E-state index in [-0.39, 0.29) is 0 Å². The second-order valence-electron chi connectivity index (χ2n) is 5.99. The molecule has 122 valence electrons. The Kier molecular flexibility index (Phi) is 5.70. The summed E-state index contributed by atoms with van der Waals surface area (Å²) in [7, 11) is 0. The normalized spacial score (nSPS) is 12.1. The highest BCUT2D eigenvalue weighted by Gasteiger charge is 2.16. The maximum absolute atomic E-state index is 6.02. The first-order chi connectivity index (χ1) is 11.6. The van der Waals surface area contributed by atoms with Gasteiger partial charge in [0.25, 0.3) is 0 Å². The van der Waals surface area contributed by atoms with Crippen molar-refractivity contribution in [2.24, 2.45) is 0 Å². The number of aryl methyl sites for hydroxylation is 2. The second-order valence-corrected chi connectivity index (χ2v) is 7.29. The van der Waals surface area contributed by atoms with Crippen molar-refractivity contribution in [2.45, 2.75) is 25.7 Å². The van der Waals surface area contributed by atoms with Gasteiger partial charge in [-0.1, -0.05) is 63.9 Å². The van der Waals surface area contributed by atoms with Crippen molar-refractivity contribution in [3.63, 3.8) is 0 Å². The smallest absolute Gasteiger partial charge is 0.129 e. The molecule has 3 rings (SSSR count). The van der Waals surface area contributed by atoms with E-state index in [1.54, 1.807) is 6.20 Å². The predicted molar refractivity (Wildman–Crippen MR) is 105 cm³/mol. The van der Waals surface area contributed by atoms with Crippen LogP contribution < -0.4 is 0 Å². The van der Waals surface area contributed by atoms with Crippen LogP contribution in [0.5, 0.6) is 0 Å². The lowest BCUT2D eigenvalue weighted by molar-refractivity contribution is 0.710. The Morgan fingerprint density at radius 2 is 1.79 bits per heavy atom. The summed E-state index contributed by atoms with van der Waals surface area (Å²) in [5.41, 5.74) is 5.29. The average molecular weight is 401 g/mol. The summed E-state index contributed by atoms with van der Waals surface area (Å²) in [4.78, 5) is 4.07. The number of pyridine rings is 1. The fourth-order valence-corrected chi connectivity index (χ4v) is 3.54. The molecule has 1 aromatic heterocycles. The van der Waals surface area contributed by atoms with Gasteiger partial charge >= 0.3 is 0 Å². The number of hydrogen-bond donors (Lipinski definition) is 0. The van der Waals surface area contributed by atoms with Crippen LogP contribution in [0.4, 0.5) is 0 Å². The van der Waals surface area contributed by atoms with Gasteiger partial charge in [0.1, 0.15) is 5.15 Å². The highest BCUT2D eigenvalue weighted by atomic mass is 79.9. The molecule has 0 N–H and O–H groups in total. The van der Waals surface area contributed by atoms with Crippen LogP contribution in [0.15, 0.2) is 71.3 Å². The Hall–Kier alpha value is -1.64. The molecule has 0 bridgehead atoms. The van der Waals surface area contributed by atoms with Crippen LogP contribution in [0.2, 0.25) is 5.15 Å². The largest absolute Gasteiger partial charge is 0.245 e. The molecule has 24 heavy (non-hydrogen) atoms. The van der Waals surface area contributed by atoms with Crippen LogP contribution in [0, 0.1) is 6.92 Å². The summed E-state index contributed by atoms with van der Waals surface area (Å²) in [6.07, 6.45) is 3.78. The van der Waals surface area contributed by atoms with Gasteiger partial charge in [0.05, 0.1) is 0 Å². The standard InChI is InChI=1S/C21H19BrClN/c1-15-4-2-3-5-19(15)20(17-7-9-18(22)10-8-17)11-6-16-12-13-24-21(23)14-16/h2-5,7-10,12-14,20H,6,11H2,1H3. The van der Waals surface area contributed by atoms with Crippen molar-refractivity contribution >= 4 is 27.5 Å². The maximum atomic E-state index is 6.02. The van der Waals surface area contributed by atoms with Gasteiger partial charge in [0.2, 0.25) is 0 Å². The summed E-state index contributed by atoms with van der Waals surface area (Å²) < 4.78 is 1.11. The highest BCUT2D eigenvalue weighted by molar-refractivity contribution is 9.10. The van der Waals surface area contributed by atoms with Crippen LogP contribution in [0.3, 0.4) is 0 Å². The van der Waals surface area contributed by atoms with Crippen molar-refractivity contribution in [3.8, 4) is 0 Å². The molecule has 0 amide bonds. The molecule has 0 aliphatic rings. The van der Waals surface area contributed by atoms with Crippen LogP contribution in [-0.4, -0.2) is 4.98 Å². The predicted octanol–water partition coefficient (Wildman–Crippen LogP) is 6.57. The molecule has 0 aliphatic carbocycles. The van der Waals surface area contributed by atoms with Crippen molar-refractivity contribution < 1.29 is 0 Å². The Bertz CT molecular complexity index is 814. The van der Waals surface area contributed by atoms with Gasteiger partial charge in [-0.15, -0.1) is 0 Å². The molecule has 0 saturated heterocycles. The Labute approximate surface area is 156 Å². The number of aromatic nitrogens is 1. The van der Waals surface area contributed by atoms with Gasteiger partial charge in [-0.3, -0.25) is 0 Å². The number of halogens is 2. The van der Waals surface area contributed by atoms with Crippen LogP contribution in [0.25, 0.3) is 0 Å². The van der Waals surface area contributed by atoms with Gasteiger partial charge in [-0.25, -0.2) is 4.98 Å². The SMILES string of the molecule is Cc1ccccc1C(CCc1ccnc(Cl)c1)c1ccc(Br)cc1. The summed E-state index contributed by atoms with van der Waals surface area (Å²) in [6.45, 7) is 2.19. The van der Waals surface area contributed by atoms with Crippen molar-refractivity contribution in [1.29, 1.82) is 0 Å². The summed E-state index contributed by atoms with van der Waals surface area (Å²) in [6, 6.07) is 21.3. The molecular formula is C21H19BrClN. The van der Waals surface area contributed by atoms with E-state index in [4.69, 9.17) is 11.6 Å². The average Bonchev–Trinajstić information content (AvgIpc) is 2.58. The third kappa shape index (κ3) is 4.25. The Morgan fingerprint density at radius 3 is 2.50 bits per heavy atom. The maximum Gasteiger partial charge on any atom is 0.129 e. The van der Waals surface area contributed by atoms with Gasteiger partial charge in [-0.2, -0.15) is 0 Å². The molecule has 0 saturated carbocycles. The Balaban J connectivity index is 1.90. The van der Waals surface area contributed by atoms with E-state index >= 15 is 0 Å². The third-order valence-electron chi connectivity index (χ3n) is 4.35. The van der Waals surface area contributed by atoms with Gasteiger partial charge in [0, 0.05) is 16.6 Å². The molecule has 0 radical (unpaired) electrons. The molecule has 1 nitrogen and oxygen atoms in total. The lowest BCUT2D eigenvalue weighted by Crippen LogP contribution is -2.05. The van der Waals surface area contributed by atoms with E-state index in [0.29, 0.717) is 11.1 Å². The van der Waals surface area contributed by atoms with Gasteiger partial charge < -0.3 is 0 Å². The fraction of sp³-hybridized carbons (Fsp3) is 0.190. The molecule has 0 aliphatic heterocycles. The van der Waals surface area contributed by atoms with Crippen LogP contribution >= 0.6 is 27.5 Å². The molecule has 1 unspecified atom stereocenters.